The zero-order valence-corrected chi connectivity index (χ0v) is 20.0. The third-order valence-corrected chi connectivity index (χ3v) is 6.92. The Hall–Kier alpha value is -3.10. The maximum Gasteiger partial charge on any atom is 0.404 e. The fourth-order valence-electron chi connectivity index (χ4n) is 3.95. The molecule has 6 N–H and O–H groups in total. The minimum absolute atomic E-state index is 0.162. The van der Waals surface area contributed by atoms with E-state index in [9.17, 15) is 34.1 Å². The molecule has 0 aliphatic carbocycles. The highest BCUT2D eigenvalue weighted by Gasteiger charge is 2.45. The SMILES string of the molecule is COC(=O)[C@@H](NP(=O)(O)OC[C@H]1O[C@@H](n2cc(C)c(=O)[nH]c2=O)[C@H](O)[C@@H]1O)c1c[nH]c2ccccc12. The van der Waals surface area contributed by atoms with Gasteiger partial charge in [0, 0.05) is 34.4 Å². The van der Waals surface area contributed by atoms with Gasteiger partial charge in [-0.05, 0) is 13.0 Å². The Morgan fingerprint density at radius 2 is 2.00 bits per heavy atom. The number of H-pyrrole nitrogens is 2. The van der Waals surface area contributed by atoms with E-state index in [2.05, 4.69) is 15.1 Å². The summed E-state index contributed by atoms with van der Waals surface area (Å²) in [6, 6.07) is 5.61. The van der Waals surface area contributed by atoms with Crippen molar-refractivity contribution in [3.8, 4) is 0 Å². The number of aliphatic hydroxyl groups excluding tert-OH is 2. The molecule has 1 unspecified atom stereocenters. The minimum atomic E-state index is -4.70. The first-order chi connectivity index (χ1) is 17.0. The van der Waals surface area contributed by atoms with Crippen LogP contribution in [0.2, 0.25) is 0 Å². The summed E-state index contributed by atoms with van der Waals surface area (Å²) in [4.78, 5) is 51.6. The number of aromatic nitrogens is 3. The number of aryl methyl sites for hydroxylation is 1. The van der Waals surface area contributed by atoms with Gasteiger partial charge < -0.3 is 29.6 Å². The van der Waals surface area contributed by atoms with Crippen LogP contribution in [0.25, 0.3) is 10.9 Å². The Bertz CT molecular complexity index is 1430. The van der Waals surface area contributed by atoms with Crippen LogP contribution in [-0.2, 0) is 23.4 Å². The zero-order chi connectivity index (χ0) is 26.2. The monoisotopic (exact) mass is 524 g/mol. The van der Waals surface area contributed by atoms with Gasteiger partial charge >= 0.3 is 19.4 Å². The molecule has 0 bridgehead atoms. The van der Waals surface area contributed by atoms with Gasteiger partial charge in [0.05, 0.1) is 13.7 Å². The van der Waals surface area contributed by atoms with E-state index in [4.69, 9.17) is 14.0 Å². The van der Waals surface area contributed by atoms with Crippen LogP contribution >= 0.6 is 7.75 Å². The van der Waals surface area contributed by atoms with Crippen molar-refractivity contribution in [3.05, 3.63) is 68.6 Å². The van der Waals surface area contributed by atoms with Gasteiger partial charge in [0.15, 0.2) is 6.23 Å². The molecule has 3 heterocycles. The summed E-state index contributed by atoms with van der Waals surface area (Å²) in [6.45, 7) is 0.751. The predicted molar refractivity (Wildman–Crippen MR) is 124 cm³/mol. The number of nitrogens with zero attached hydrogens (tertiary/aromatic N) is 1. The lowest BCUT2D eigenvalue weighted by atomic mass is 10.1. The molecule has 1 aromatic carbocycles. The molecule has 4 rings (SSSR count). The molecule has 2 aromatic heterocycles. The summed E-state index contributed by atoms with van der Waals surface area (Å²) < 4.78 is 29.1. The number of hydrogen-bond donors (Lipinski definition) is 6. The molecule has 194 valence electrons. The van der Waals surface area contributed by atoms with Crippen LogP contribution in [0.3, 0.4) is 0 Å². The third kappa shape index (κ3) is 5.06. The third-order valence-electron chi connectivity index (χ3n) is 5.83. The number of benzene rings is 1. The molecule has 1 fully saturated rings. The number of carbonyl (C=O) groups excluding carboxylic acids is 1. The van der Waals surface area contributed by atoms with E-state index in [1.807, 2.05) is 0 Å². The van der Waals surface area contributed by atoms with E-state index in [-0.39, 0.29) is 5.56 Å². The second-order valence-corrected chi connectivity index (χ2v) is 9.77. The Morgan fingerprint density at radius 3 is 2.72 bits per heavy atom. The second kappa shape index (κ2) is 10.1. The lowest BCUT2D eigenvalue weighted by Gasteiger charge is -2.22. The highest BCUT2D eigenvalue weighted by molar-refractivity contribution is 7.50. The summed E-state index contributed by atoms with van der Waals surface area (Å²) in [5, 5.41) is 23.6. The molecule has 0 radical (unpaired) electrons. The number of methoxy groups -OCH3 is 1. The summed E-state index contributed by atoms with van der Waals surface area (Å²) in [5.74, 6) is -0.849. The van der Waals surface area contributed by atoms with Gasteiger partial charge in [0.1, 0.15) is 24.4 Å². The van der Waals surface area contributed by atoms with Gasteiger partial charge in [-0.15, -0.1) is 0 Å². The second-order valence-electron chi connectivity index (χ2n) is 8.22. The van der Waals surface area contributed by atoms with Crippen LogP contribution in [-0.4, -0.2) is 67.6 Å². The average Bonchev–Trinajstić information content (AvgIpc) is 3.39. The normalized spacial score (nSPS) is 24.5. The lowest BCUT2D eigenvalue weighted by Crippen LogP contribution is -2.38. The Kier molecular flexibility index (Phi) is 7.29. The first-order valence-corrected chi connectivity index (χ1v) is 12.3. The molecule has 0 spiro atoms. The molecule has 6 atom stereocenters. The van der Waals surface area contributed by atoms with Crippen LogP contribution in [0.5, 0.6) is 0 Å². The van der Waals surface area contributed by atoms with Crippen molar-refractivity contribution in [3.63, 3.8) is 0 Å². The van der Waals surface area contributed by atoms with Gasteiger partial charge in [0.2, 0.25) is 0 Å². The predicted octanol–water partition coefficient (Wildman–Crippen LogP) is -0.434. The van der Waals surface area contributed by atoms with Crippen molar-refractivity contribution < 1.29 is 38.5 Å². The number of ether oxygens (including phenoxy) is 2. The number of para-hydroxylation sites is 1. The fourth-order valence-corrected chi connectivity index (χ4v) is 4.94. The first kappa shape index (κ1) is 26.0. The number of hydrogen-bond acceptors (Lipinski definition) is 9. The van der Waals surface area contributed by atoms with Crippen molar-refractivity contribution >= 4 is 24.6 Å². The van der Waals surface area contributed by atoms with Crippen molar-refractivity contribution in [2.24, 2.45) is 0 Å². The van der Waals surface area contributed by atoms with Gasteiger partial charge in [-0.3, -0.25) is 18.9 Å². The van der Waals surface area contributed by atoms with Crippen LogP contribution in [0.1, 0.15) is 23.4 Å². The molecule has 15 heteroatoms. The van der Waals surface area contributed by atoms with Crippen LogP contribution in [0.4, 0.5) is 0 Å². The molecule has 1 saturated heterocycles. The van der Waals surface area contributed by atoms with E-state index in [0.717, 1.165) is 17.9 Å². The van der Waals surface area contributed by atoms with E-state index in [1.54, 1.807) is 24.3 Å². The molecule has 1 aliphatic rings. The van der Waals surface area contributed by atoms with Crippen LogP contribution in [0.15, 0.2) is 46.2 Å². The number of nitrogens with one attached hydrogen (secondary N) is 3. The molecular formula is C21H25N4O10P. The highest BCUT2D eigenvalue weighted by Crippen LogP contribution is 2.43. The van der Waals surface area contributed by atoms with Crippen LogP contribution < -0.4 is 16.3 Å². The largest absolute Gasteiger partial charge is 0.468 e. The van der Waals surface area contributed by atoms with E-state index in [0.29, 0.717) is 16.5 Å². The lowest BCUT2D eigenvalue weighted by molar-refractivity contribution is -0.142. The summed E-state index contributed by atoms with van der Waals surface area (Å²) in [5.41, 5.74) is -0.304. The molecule has 14 nitrogen and oxygen atoms in total. The number of fused-ring (bicyclic) bond motifs is 1. The van der Waals surface area contributed by atoms with E-state index >= 15 is 0 Å². The maximum atomic E-state index is 12.8. The quantitative estimate of drug-likeness (QED) is 0.165. The summed E-state index contributed by atoms with van der Waals surface area (Å²) in [7, 11) is -3.58. The van der Waals surface area contributed by atoms with E-state index < -0.39 is 62.2 Å². The highest BCUT2D eigenvalue weighted by atomic mass is 31.2. The van der Waals surface area contributed by atoms with E-state index in [1.165, 1.54) is 13.1 Å². The number of aliphatic hydroxyl groups is 2. The summed E-state index contributed by atoms with van der Waals surface area (Å²) in [6.07, 6.45) is -3.27. The average molecular weight is 524 g/mol. The van der Waals surface area contributed by atoms with Gasteiger partial charge in [-0.2, -0.15) is 0 Å². The first-order valence-electron chi connectivity index (χ1n) is 10.7. The Labute approximate surface area is 203 Å². The number of aromatic amines is 2. The van der Waals surface area contributed by atoms with Gasteiger partial charge in [-0.25, -0.2) is 19.2 Å². The molecule has 0 saturated carbocycles. The van der Waals surface area contributed by atoms with Gasteiger partial charge in [0.25, 0.3) is 5.56 Å². The molecule has 3 aromatic rings. The molecule has 1 aliphatic heterocycles. The number of rotatable bonds is 8. The van der Waals surface area contributed by atoms with Crippen molar-refractivity contribution in [2.75, 3.05) is 13.7 Å². The molecular weight excluding hydrogens is 499 g/mol. The van der Waals surface area contributed by atoms with Crippen molar-refractivity contribution in [1.29, 1.82) is 0 Å². The smallest absolute Gasteiger partial charge is 0.404 e. The maximum absolute atomic E-state index is 12.8. The minimum Gasteiger partial charge on any atom is -0.468 e. The summed E-state index contributed by atoms with van der Waals surface area (Å²) >= 11 is 0. The fraction of sp³-hybridized carbons (Fsp3) is 0.381. The Balaban J connectivity index is 1.49. The molecule has 0 amide bonds. The number of carbonyl (C=O) groups is 1. The van der Waals surface area contributed by atoms with Crippen LogP contribution in [0, 0.1) is 6.92 Å². The van der Waals surface area contributed by atoms with Crippen molar-refractivity contribution in [2.45, 2.75) is 37.5 Å². The topological polar surface area (TPSA) is 205 Å². The Morgan fingerprint density at radius 1 is 1.28 bits per heavy atom. The zero-order valence-electron chi connectivity index (χ0n) is 19.2. The standard InChI is InChI=1S/C21H25N4O10P/c1-10-8-25(21(30)23-18(10)28)19-17(27)16(26)14(35-19)9-34-36(31,32)24-15(20(29)33-2)12-7-22-13-6-4-3-5-11(12)13/h3-8,14-17,19,22,26-27H,9H2,1-2H3,(H,23,28,30)(H2,24,31,32)/t14-,15+,16-,17-,19-/m1/s1. The molecule has 36 heavy (non-hydrogen) atoms. The van der Waals surface area contributed by atoms with Crippen molar-refractivity contribution in [1.82, 2.24) is 19.6 Å². The number of esters is 1. The van der Waals surface area contributed by atoms with Gasteiger partial charge in [-0.1, -0.05) is 18.2 Å².